The summed E-state index contributed by atoms with van der Waals surface area (Å²) in [6, 6.07) is 6.16. The Bertz CT molecular complexity index is 464. The van der Waals surface area contributed by atoms with E-state index in [4.69, 9.17) is 4.74 Å². The number of benzene rings is 1. The molecular weight excluding hydrogens is 271 g/mol. The fraction of sp³-hybridized carbons (Fsp3) is 0.571. The number of rotatable bonds is 4. The van der Waals surface area contributed by atoms with Gasteiger partial charge in [0.2, 0.25) is 0 Å². The number of ether oxygens (including phenoxy) is 2. The number of alkyl halides is 3. The van der Waals surface area contributed by atoms with Crippen molar-refractivity contribution in [3.8, 4) is 5.75 Å². The molecular formula is C14H18F3NO2. The molecule has 6 heteroatoms. The minimum absolute atomic E-state index is 0.0261. The first kappa shape index (κ1) is 15.1. The summed E-state index contributed by atoms with van der Waals surface area (Å²) in [5, 5.41) is 3.28. The van der Waals surface area contributed by atoms with E-state index in [2.05, 4.69) is 10.1 Å². The molecule has 1 N–H and O–H groups in total. The Kier molecular flexibility index (Phi) is 4.25. The lowest BCUT2D eigenvalue weighted by Crippen LogP contribution is -2.47. The molecule has 1 aromatic carbocycles. The molecule has 20 heavy (non-hydrogen) atoms. The zero-order valence-corrected chi connectivity index (χ0v) is 11.5. The van der Waals surface area contributed by atoms with Crippen LogP contribution in [0.5, 0.6) is 5.75 Å². The van der Waals surface area contributed by atoms with Crippen LogP contribution in [0.1, 0.15) is 25.8 Å². The number of para-hydroxylation sites is 1. The molecule has 0 saturated carbocycles. The Morgan fingerprint density at radius 3 is 2.70 bits per heavy atom. The molecule has 0 aliphatic carbocycles. The van der Waals surface area contributed by atoms with Crippen LogP contribution in [0.25, 0.3) is 0 Å². The third kappa shape index (κ3) is 3.64. The third-order valence-electron chi connectivity index (χ3n) is 3.77. The molecule has 0 spiro atoms. The first-order valence-corrected chi connectivity index (χ1v) is 6.50. The maximum atomic E-state index is 12.3. The molecule has 2 atom stereocenters. The second kappa shape index (κ2) is 5.61. The van der Waals surface area contributed by atoms with Gasteiger partial charge >= 0.3 is 6.36 Å². The van der Waals surface area contributed by atoms with Gasteiger partial charge in [0.05, 0.1) is 6.10 Å². The number of hydrogen-bond acceptors (Lipinski definition) is 3. The standard InChI is InChI=1S/C14H18F3NO2/c1-10-13(2,7-8-19-10)18-9-11-5-3-4-6-12(11)20-14(15,16)17/h3-6,10,18H,7-9H2,1-2H3. The zero-order valence-electron chi connectivity index (χ0n) is 11.5. The fourth-order valence-electron chi connectivity index (χ4n) is 2.24. The minimum Gasteiger partial charge on any atom is -0.405 e. The molecule has 1 heterocycles. The summed E-state index contributed by atoms with van der Waals surface area (Å²) in [7, 11) is 0. The molecule has 1 aliphatic heterocycles. The summed E-state index contributed by atoms with van der Waals surface area (Å²) in [6.07, 6.45) is -3.82. The summed E-state index contributed by atoms with van der Waals surface area (Å²) >= 11 is 0. The smallest absolute Gasteiger partial charge is 0.405 e. The van der Waals surface area contributed by atoms with Crippen molar-refractivity contribution >= 4 is 0 Å². The van der Waals surface area contributed by atoms with Crippen molar-refractivity contribution in [3.63, 3.8) is 0 Å². The molecule has 1 fully saturated rings. The van der Waals surface area contributed by atoms with Crippen LogP contribution in [0.4, 0.5) is 13.2 Å². The quantitative estimate of drug-likeness (QED) is 0.923. The van der Waals surface area contributed by atoms with E-state index >= 15 is 0 Å². The van der Waals surface area contributed by atoms with Gasteiger partial charge < -0.3 is 14.8 Å². The van der Waals surface area contributed by atoms with Gasteiger partial charge in [-0.25, -0.2) is 0 Å². The van der Waals surface area contributed by atoms with E-state index in [1.54, 1.807) is 12.1 Å². The monoisotopic (exact) mass is 289 g/mol. The van der Waals surface area contributed by atoms with Gasteiger partial charge in [-0.3, -0.25) is 0 Å². The lowest BCUT2D eigenvalue weighted by Gasteiger charge is -2.29. The van der Waals surface area contributed by atoms with E-state index in [1.807, 2.05) is 13.8 Å². The highest BCUT2D eigenvalue weighted by atomic mass is 19.4. The van der Waals surface area contributed by atoms with Gasteiger partial charge in [-0.1, -0.05) is 18.2 Å². The van der Waals surface area contributed by atoms with Gasteiger partial charge in [0.25, 0.3) is 0 Å². The Morgan fingerprint density at radius 2 is 2.10 bits per heavy atom. The van der Waals surface area contributed by atoms with Gasteiger partial charge in [-0.05, 0) is 26.3 Å². The van der Waals surface area contributed by atoms with E-state index in [0.29, 0.717) is 18.7 Å². The van der Waals surface area contributed by atoms with Crippen LogP contribution in [0.15, 0.2) is 24.3 Å². The maximum Gasteiger partial charge on any atom is 0.573 e. The van der Waals surface area contributed by atoms with Crippen molar-refractivity contribution in [1.82, 2.24) is 5.32 Å². The Balaban J connectivity index is 2.06. The van der Waals surface area contributed by atoms with Gasteiger partial charge in [0.15, 0.2) is 0 Å². The first-order chi connectivity index (χ1) is 9.30. The predicted molar refractivity (Wildman–Crippen MR) is 68.4 cm³/mol. The molecule has 0 radical (unpaired) electrons. The van der Waals surface area contributed by atoms with E-state index in [0.717, 1.165) is 6.42 Å². The Hall–Kier alpha value is -1.27. The van der Waals surface area contributed by atoms with Crippen LogP contribution in [-0.4, -0.2) is 24.6 Å². The molecule has 1 aromatic rings. The SMILES string of the molecule is CC1OCCC1(C)NCc1ccccc1OC(F)(F)F. The zero-order chi connectivity index (χ0) is 14.8. The molecule has 0 aromatic heterocycles. The second-order valence-electron chi connectivity index (χ2n) is 5.19. The van der Waals surface area contributed by atoms with Crippen molar-refractivity contribution < 1.29 is 22.6 Å². The molecule has 0 amide bonds. The number of nitrogens with one attached hydrogen (secondary N) is 1. The van der Waals surface area contributed by atoms with Crippen LogP contribution >= 0.6 is 0 Å². The normalized spacial score (nSPS) is 26.8. The van der Waals surface area contributed by atoms with Crippen LogP contribution < -0.4 is 10.1 Å². The molecule has 3 nitrogen and oxygen atoms in total. The van der Waals surface area contributed by atoms with E-state index in [-0.39, 0.29) is 17.4 Å². The van der Waals surface area contributed by atoms with Crippen LogP contribution in [0.3, 0.4) is 0 Å². The van der Waals surface area contributed by atoms with E-state index in [1.165, 1.54) is 12.1 Å². The maximum absolute atomic E-state index is 12.3. The van der Waals surface area contributed by atoms with Gasteiger partial charge in [0.1, 0.15) is 5.75 Å². The third-order valence-corrected chi connectivity index (χ3v) is 3.77. The predicted octanol–water partition coefficient (Wildman–Crippen LogP) is 3.24. The van der Waals surface area contributed by atoms with Crippen molar-refractivity contribution in [2.75, 3.05) is 6.61 Å². The average molecular weight is 289 g/mol. The molecule has 1 aliphatic rings. The summed E-state index contributed by atoms with van der Waals surface area (Å²) < 4.78 is 46.5. The van der Waals surface area contributed by atoms with E-state index in [9.17, 15) is 13.2 Å². The number of halogens is 3. The van der Waals surface area contributed by atoms with Crippen LogP contribution in [0, 0.1) is 0 Å². The van der Waals surface area contributed by atoms with Gasteiger partial charge in [-0.15, -0.1) is 13.2 Å². The highest BCUT2D eigenvalue weighted by molar-refractivity contribution is 5.33. The summed E-state index contributed by atoms with van der Waals surface area (Å²) in [6.45, 7) is 4.93. The van der Waals surface area contributed by atoms with Crippen molar-refractivity contribution in [2.24, 2.45) is 0 Å². The molecule has 0 bridgehead atoms. The van der Waals surface area contributed by atoms with Crippen LogP contribution in [-0.2, 0) is 11.3 Å². The summed E-state index contributed by atoms with van der Waals surface area (Å²) in [5.41, 5.74) is 0.246. The minimum atomic E-state index is -4.68. The molecule has 112 valence electrons. The lowest BCUT2D eigenvalue weighted by molar-refractivity contribution is -0.274. The molecule has 1 saturated heterocycles. The van der Waals surface area contributed by atoms with Crippen LogP contribution in [0.2, 0.25) is 0 Å². The van der Waals surface area contributed by atoms with E-state index < -0.39 is 6.36 Å². The second-order valence-corrected chi connectivity index (χ2v) is 5.19. The molecule has 2 unspecified atom stereocenters. The Labute approximate surface area is 116 Å². The first-order valence-electron chi connectivity index (χ1n) is 6.50. The van der Waals surface area contributed by atoms with Gasteiger partial charge in [0, 0.05) is 24.3 Å². The largest absolute Gasteiger partial charge is 0.573 e. The topological polar surface area (TPSA) is 30.5 Å². The molecule has 2 rings (SSSR count). The highest BCUT2D eigenvalue weighted by Gasteiger charge is 2.37. The average Bonchev–Trinajstić information content (AvgIpc) is 2.67. The highest BCUT2D eigenvalue weighted by Crippen LogP contribution is 2.29. The summed E-state index contributed by atoms with van der Waals surface area (Å²) in [5.74, 6) is -0.164. The summed E-state index contributed by atoms with van der Waals surface area (Å²) in [4.78, 5) is 0. The van der Waals surface area contributed by atoms with Crippen molar-refractivity contribution in [1.29, 1.82) is 0 Å². The van der Waals surface area contributed by atoms with Crippen molar-refractivity contribution in [2.45, 2.75) is 44.8 Å². The number of hydrogen-bond donors (Lipinski definition) is 1. The lowest BCUT2D eigenvalue weighted by atomic mass is 9.94. The van der Waals surface area contributed by atoms with Crippen molar-refractivity contribution in [3.05, 3.63) is 29.8 Å². The fourth-order valence-corrected chi connectivity index (χ4v) is 2.24. The Morgan fingerprint density at radius 1 is 1.40 bits per heavy atom. The van der Waals surface area contributed by atoms with Gasteiger partial charge in [-0.2, -0.15) is 0 Å².